The van der Waals surface area contributed by atoms with Gasteiger partial charge in [-0.3, -0.25) is 0 Å². The highest BCUT2D eigenvalue weighted by atomic mass is 16.7. The smallest absolute Gasteiger partial charge is 0.493 e. The van der Waals surface area contributed by atoms with E-state index in [1.807, 2.05) is 47.0 Å². The van der Waals surface area contributed by atoms with Crippen LogP contribution in [0.3, 0.4) is 0 Å². The monoisotopic (exact) mass is 555 g/mol. The molecular weight excluding hydrogens is 522 g/mol. The van der Waals surface area contributed by atoms with Gasteiger partial charge in [0, 0.05) is 21.9 Å². The number of carboxylic acid groups (broad SMARTS) is 1. The molecule has 1 heterocycles. The summed E-state index contributed by atoms with van der Waals surface area (Å²) in [5.41, 5.74) is 7.39. The topological polar surface area (TPSA) is 60.7 Å². The Morgan fingerprint density at radius 3 is 2.26 bits per heavy atom. The van der Waals surface area contributed by atoms with E-state index in [4.69, 9.17) is 9.47 Å². The fourth-order valence-corrected chi connectivity index (χ4v) is 5.77. The molecule has 1 aromatic heterocycles. The summed E-state index contributed by atoms with van der Waals surface area (Å²) < 4.78 is 13.8. The fraction of sp³-hybridized carbons (Fsp3) is 0.162. The molecule has 0 bridgehead atoms. The van der Waals surface area contributed by atoms with Crippen LogP contribution >= 0.6 is 0 Å². The van der Waals surface area contributed by atoms with Gasteiger partial charge in [0.25, 0.3) is 0 Å². The Labute approximate surface area is 245 Å². The molecule has 0 saturated carbocycles. The fourth-order valence-electron chi connectivity index (χ4n) is 5.77. The predicted molar refractivity (Wildman–Crippen MR) is 169 cm³/mol. The van der Waals surface area contributed by atoms with E-state index < -0.39 is 6.16 Å². The maximum absolute atomic E-state index is 12.0. The van der Waals surface area contributed by atoms with E-state index in [0.29, 0.717) is 31.9 Å². The lowest BCUT2D eigenvalue weighted by Gasteiger charge is -2.14. The van der Waals surface area contributed by atoms with Crippen molar-refractivity contribution in [3.63, 3.8) is 0 Å². The first kappa shape index (κ1) is 27.2. The number of hydrogen-bond acceptors (Lipinski definition) is 3. The molecular formula is C37H33NO4. The van der Waals surface area contributed by atoms with Gasteiger partial charge in [-0.25, -0.2) is 4.79 Å². The molecule has 210 valence electrons. The number of ether oxygens (including phenoxy) is 2. The normalized spacial score (nSPS) is 11.2. The molecule has 5 aromatic carbocycles. The molecule has 0 saturated heterocycles. The highest BCUT2D eigenvalue weighted by molar-refractivity contribution is 5.99. The first-order valence-corrected chi connectivity index (χ1v) is 14.3. The molecule has 0 spiro atoms. The molecule has 1 N–H and O–H groups in total. The van der Waals surface area contributed by atoms with Crippen molar-refractivity contribution in [1.29, 1.82) is 0 Å². The van der Waals surface area contributed by atoms with Gasteiger partial charge < -0.3 is 19.1 Å². The van der Waals surface area contributed by atoms with Gasteiger partial charge in [-0.05, 0) is 54.8 Å². The third-order valence-electron chi connectivity index (χ3n) is 7.79. The third kappa shape index (κ3) is 5.46. The zero-order valence-electron chi connectivity index (χ0n) is 23.8. The van der Waals surface area contributed by atoms with Crippen LogP contribution in [0.1, 0.15) is 28.7 Å². The summed E-state index contributed by atoms with van der Waals surface area (Å²) >= 11 is 0. The van der Waals surface area contributed by atoms with Crippen molar-refractivity contribution in [3.8, 4) is 22.8 Å². The number of para-hydroxylation sites is 1. The van der Waals surface area contributed by atoms with Crippen molar-refractivity contribution in [1.82, 2.24) is 4.57 Å². The molecule has 5 heteroatoms. The lowest BCUT2D eigenvalue weighted by Crippen LogP contribution is -2.11. The second-order valence-electron chi connectivity index (χ2n) is 10.7. The van der Waals surface area contributed by atoms with Crippen LogP contribution in [-0.2, 0) is 13.0 Å². The Balaban J connectivity index is 1.41. The minimum Gasteiger partial charge on any atom is -0.493 e. The van der Waals surface area contributed by atoms with Gasteiger partial charge in [-0.1, -0.05) is 109 Å². The van der Waals surface area contributed by atoms with Crippen molar-refractivity contribution in [3.05, 3.63) is 131 Å². The molecule has 0 amide bonds. The minimum atomic E-state index is -1.33. The molecule has 5 nitrogen and oxygen atoms in total. The zero-order valence-corrected chi connectivity index (χ0v) is 23.8. The maximum atomic E-state index is 12.0. The van der Waals surface area contributed by atoms with E-state index in [2.05, 4.69) is 80.6 Å². The average molecular weight is 556 g/mol. The second kappa shape index (κ2) is 11.8. The van der Waals surface area contributed by atoms with E-state index in [0.717, 1.165) is 55.2 Å². The lowest BCUT2D eigenvalue weighted by molar-refractivity contribution is 0.140. The van der Waals surface area contributed by atoms with Gasteiger partial charge in [0.2, 0.25) is 5.88 Å². The highest BCUT2D eigenvalue weighted by Gasteiger charge is 2.24. The lowest BCUT2D eigenvalue weighted by atomic mass is 9.97. The third-order valence-corrected chi connectivity index (χ3v) is 7.79. The Bertz CT molecular complexity index is 1880. The van der Waals surface area contributed by atoms with Crippen LogP contribution < -0.4 is 9.47 Å². The van der Waals surface area contributed by atoms with E-state index >= 15 is 0 Å². The van der Waals surface area contributed by atoms with Crippen LogP contribution in [0.4, 0.5) is 4.79 Å². The maximum Gasteiger partial charge on any atom is 0.512 e. The number of fused-ring (bicyclic) bond motifs is 2. The molecule has 42 heavy (non-hydrogen) atoms. The first-order valence-electron chi connectivity index (χ1n) is 14.3. The molecule has 0 aliphatic carbocycles. The number of rotatable bonds is 9. The summed E-state index contributed by atoms with van der Waals surface area (Å²) in [6, 6.07) is 37.1. The van der Waals surface area contributed by atoms with Crippen molar-refractivity contribution < 1.29 is 19.4 Å². The van der Waals surface area contributed by atoms with Gasteiger partial charge in [-0.15, -0.1) is 0 Å². The summed E-state index contributed by atoms with van der Waals surface area (Å²) in [5.74, 6) is 1.21. The van der Waals surface area contributed by atoms with Crippen molar-refractivity contribution in [2.24, 2.45) is 0 Å². The summed E-state index contributed by atoms with van der Waals surface area (Å²) in [4.78, 5) is 12.0. The van der Waals surface area contributed by atoms with Crippen LogP contribution in [0.5, 0.6) is 11.6 Å². The predicted octanol–water partition coefficient (Wildman–Crippen LogP) is 9.20. The summed E-state index contributed by atoms with van der Waals surface area (Å²) in [5, 5.41) is 13.0. The number of aryl methyl sites for hydroxylation is 3. The summed E-state index contributed by atoms with van der Waals surface area (Å²) in [7, 11) is 0. The number of carbonyl (C=O) groups is 1. The molecule has 6 rings (SSSR count). The Morgan fingerprint density at radius 1 is 0.762 bits per heavy atom. The van der Waals surface area contributed by atoms with Gasteiger partial charge >= 0.3 is 6.16 Å². The molecule has 0 fully saturated rings. The summed E-state index contributed by atoms with van der Waals surface area (Å²) in [6.07, 6.45) is -0.0342. The standard InChI is InChI=1S/C37H33NO4/c1-25-19-21-27(22-20-25)24-38-35-31(29-13-5-3-10-26(29)2)15-8-16-32(35)33(36(38)42-37(39)40)17-9-23-41-34-18-7-12-28-11-4-6-14-30(28)34/h3-8,10-16,18-22H,9,17,23-24H2,1-2H3,(H,39,40). The van der Waals surface area contributed by atoms with Gasteiger partial charge in [0.15, 0.2) is 0 Å². The SMILES string of the molecule is Cc1ccc(Cn2c(OC(=O)O)c(CCCOc3cccc4ccccc34)c3cccc(-c4ccccc4C)c32)cc1. The van der Waals surface area contributed by atoms with E-state index in [-0.39, 0.29) is 0 Å². The van der Waals surface area contributed by atoms with Gasteiger partial charge in [0.05, 0.1) is 18.7 Å². The molecule has 0 radical (unpaired) electrons. The largest absolute Gasteiger partial charge is 0.512 e. The quantitative estimate of drug-likeness (QED) is 0.143. The second-order valence-corrected chi connectivity index (χ2v) is 10.7. The number of hydrogen-bond donors (Lipinski definition) is 1. The van der Waals surface area contributed by atoms with Crippen molar-refractivity contribution in [2.45, 2.75) is 33.2 Å². The average Bonchev–Trinajstić information content (AvgIpc) is 3.28. The van der Waals surface area contributed by atoms with Crippen LogP contribution in [0.15, 0.2) is 109 Å². The molecule has 0 unspecified atom stereocenters. The van der Waals surface area contributed by atoms with Crippen molar-refractivity contribution in [2.75, 3.05) is 6.61 Å². The molecule has 0 atom stereocenters. The van der Waals surface area contributed by atoms with E-state index in [1.165, 1.54) is 5.56 Å². The Hall–Kier alpha value is -5.03. The van der Waals surface area contributed by atoms with Gasteiger partial charge in [-0.2, -0.15) is 0 Å². The minimum absolute atomic E-state index is 0.365. The Kier molecular flexibility index (Phi) is 7.65. The molecule has 0 aliphatic rings. The molecule has 6 aromatic rings. The molecule has 0 aliphatic heterocycles. The van der Waals surface area contributed by atoms with Crippen LogP contribution in [0, 0.1) is 13.8 Å². The summed E-state index contributed by atoms with van der Waals surface area (Å²) in [6.45, 7) is 5.13. The van der Waals surface area contributed by atoms with Crippen LogP contribution in [0.2, 0.25) is 0 Å². The highest BCUT2D eigenvalue weighted by Crippen LogP contribution is 2.40. The first-order chi connectivity index (χ1) is 20.5. The number of benzene rings is 5. The van der Waals surface area contributed by atoms with Gasteiger partial charge in [0.1, 0.15) is 5.75 Å². The Morgan fingerprint density at radius 2 is 1.45 bits per heavy atom. The van der Waals surface area contributed by atoms with Crippen LogP contribution in [0.25, 0.3) is 32.8 Å². The van der Waals surface area contributed by atoms with Crippen LogP contribution in [-0.4, -0.2) is 22.4 Å². The van der Waals surface area contributed by atoms with E-state index in [1.54, 1.807) is 0 Å². The zero-order chi connectivity index (χ0) is 29.1. The number of nitrogens with zero attached hydrogens (tertiary/aromatic N) is 1. The number of aromatic nitrogens is 1. The van der Waals surface area contributed by atoms with E-state index in [9.17, 15) is 9.90 Å². The van der Waals surface area contributed by atoms with Crippen molar-refractivity contribution >= 4 is 27.8 Å².